The molecule has 0 saturated heterocycles. The summed E-state index contributed by atoms with van der Waals surface area (Å²) in [5.74, 6) is 0.529. The monoisotopic (exact) mass is 343 g/mol. The van der Waals surface area contributed by atoms with Crippen LogP contribution in [0.4, 0.5) is 0 Å². The number of ether oxygens (including phenoxy) is 2. The normalized spacial score (nSPS) is 10.8. The van der Waals surface area contributed by atoms with Gasteiger partial charge in [0.1, 0.15) is 5.78 Å². The third kappa shape index (κ3) is 17.4. The summed E-state index contributed by atoms with van der Waals surface area (Å²) in [7, 11) is 3.36. The molecule has 142 valence electrons. The Hall–Kier alpha value is -0.940. The summed E-state index contributed by atoms with van der Waals surface area (Å²) in [6, 6.07) is 0. The van der Waals surface area contributed by atoms with E-state index >= 15 is 0 Å². The molecule has 0 spiro atoms. The number of rotatable bonds is 18. The van der Waals surface area contributed by atoms with Crippen LogP contribution in [0.15, 0.2) is 0 Å². The fourth-order valence-electron chi connectivity index (χ4n) is 2.54. The second-order valence-corrected chi connectivity index (χ2v) is 6.31. The molecule has 0 radical (unpaired) electrons. The summed E-state index contributed by atoms with van der Waals surface area (Å²) >= 11 is 0. The number of nitrogens with one attached hydrogen (secondary N) is 1. The van der Waals surface area contributed by atoms with Crippen LogP contribution in [0.25, 0.3) is 0 Å². The summed E-state index contributed by atoms with van der Waals surface area (Å²) < 4.78 is 9.91. The number of hydrogen-bond donors (Lipinski definition) is 1. The minimum absolute atomic E-state index is 0.144. The highest BCUT2D eigenvalue weighted by Gasteiger charge is 2.02. The maximum absolute atomic E-state index is 11.7. The van der Waals surface area contributed by atoms with Crippen molar-refractivity contribution < 1.29 is 19.1 Å². The van der Waals surface area contributed by atoms with Gasteiger partial charge in [0, 0.05) is 53.2 Å². The predicted molar refractivity (Wildman–Crippen MR) is 97.2 cm³/mol. The number of carbonyl (C=O) groups is 2. The number of amides is 1. The van der Waals surface area contributed by atoms with Crippen molar-refractivity contribution in [3.8, 4) is 0 Å². The molecule has 0 aliphatic heterocycles. The Morgan fingerprint density at radius 3 is 1.79 bits per heavy atom. The first kappa shape index (κ1) is 23.1. The van der Waals surface area contributed by atoms with Gasteiger partial charge in [0.05, 0.1) is 0 Å². The summed E-state index contributed by atoms with van der Waals surface area (Å²) in [5.41, 5.74) is 0. The SMILES string of the molecule is COCCCCC(=O)CCCCCCCCC(=O)NCCCOC. The molecule has 0 aliphatic rings. The molecule has 0 saturated carbocycles. The molecule has 0 heterocycles. The zero-order valence-corrected chi connectivity index (χ0v) is 15.7. The van der Waals surface area contributed by atoms with Crippen molar-refractivity contribution in [3.63, 3.8) is 0 Å². The van der Waals surface area contributed by atoms with E-state index in [0.717, 1.165) is 70.8 Å². The maximum Gasteiger partial charge on any atom is 0.219 e. The lowest BCUT2D eigenvalue weighted by molar-refractivity contribution is -0.121. The molecular weight excluding hydrogens is 306 g/mol. The molecule has 0 aromatic carbocycles. The minimum Gasteiger partial charge on any atom is -0.385 e. The minimum atomic E-state index is 0.144. The Balaban J connectivity index is 3.24. The molecule has 5 heteroatoms. The average Bonchev–Trinajstić information content (AvgIpc) is 2.58. The Labute approximate surface area is 147 Å². The van der Waals surface area contributed by atoms with Crippen LogP contribution < -0.4 is 5.32 Å². The van der Waals surface area contributed by atoms with Gasteiger partial charge in [-0.15, -0.1) is 0 Å². The molecule has 0 aliphatic carbocycles. The molecule has 1 amide bonds. The van der Waals surface area contributed by atoms with Crippen LogP contribution in [0, 0.1) is 0 Å². The van der Waals surface area contributed by atoms with Crippen LogP contribution in [0.2, 0.25) is 0 Å². The van der Waals surface area contributed by atoms with Gasteiger partial charge in [0.15, 0.2) is 0 Å². The summed E-state index contributed by atoms with van der Waals surface area (Å²) in [6.45, 7) is 2.14. The van der Waals surface area contributed by atoms with E-state index in [1.54, 1.807) is 14.2 Å². The zero-order chi connectivity index (χ0) is 17.9. The lowest BCUT2D eigenvalue weighted by Gasteiger charge is -2.05. The van der Waals surface area contributed by atoms with Crippen molar-refractivity contribution in [2.45, 2.75) is 77.0 Å². The lowest BCUT2D eigenvalue weighted by atomic mass is 10.0. The summed E-state index contributed by atoms with van der Waals surface area (Å²) in [4.78, 5) is 23.2. The first-order chi connectivity index (χ1) is 11.7. The fourth-order valence-corrected chi connectivity index (χ4v) is 2.54. The van der Waals surface area contributed by atoms with E-state index in [1.807, 2.05) is 0 Å². The van der Waals surface area contributed by atoms with Gasteiger partial charge in [-0.3, -0.25) is 9.59 Å². The highest BCUT2D eigenvalue weighted by molar-refractivity contribution is 5.78. The average molecular weight is 344 g/mol. The van der Waals surface area contributed by atoms with Crippen molar-refractivity contribution >= 4 is 11.7 Å². The van der Waals surface area contributed by atoms with Crippen LogP contribution in [0.1, 0.15) is 77.0 Å². The Morgan fingerprint density at radius 2 is 1.17 bits per heavy atom. The number of unbranched alkanes of at least 4 members (excludes halogenated alkanes) is 6. The van der Waals surface area contributed by atoms with Gasteiger partial charge in [-0.05, 0) is 32.1 Å². The van der Waals surface area contributed by atoms with Gasteiger partial charge in [-0.2, -0.15) is 0 Å². The highest BCUT2D eigenvalue weighted by Crippen LogP contribution is 2.10. The fraction of sp³-hybridized carbons (Fsp3) is 0.895. The number of ketones is 1. The van der Waals surface area contributed by atoms with Gasteiger partial charge in [0.2, 0.25) is 5.91 Å². The lowest BCUT2D eigenvalue weighted by Crippen LogP contribution is -2.24. The van der Waals surface area contributed by atoms with Gasteiger partial charge in [-0.1, -0.05) is 25.7 Å². The third-order valence-corrected chi connectivity index (χ3v) is 4.01. The van der Waals surface area contributed by atoms with E-state index in [1.165, 1.54) is 0 Å². The van der Waals surface area contributed by atoms with E-state index in [9.17, 15) is 9.59 Å². The van der Waals surface area contributed by atoms with E-state index in [-0.39, 0.29) is 5.91 Å². The second-order valence-electron chi connectivity index (χ2n) is 6.31. The molecule has 5 nitrogen and oxygen atoms in total. The van der Waals surface area contributed by atoms with Crippen LogP contribution in [-0.2, 0) is 19.1 Å². The summed E-state index contributed by atoms with van der Waals surface area (Å²) in [5, 5.41) is 2.90. The second kappa shape index (κ2) is 18.4. The highest BCUT2D eigenvalue weighted by atomic mass is 16.5. The van der Waals surface area contributed by atoms with Crippen LogP contribution in [-0.4, -0.2) is 45.7 Å². The van der Waals surface area contributed by atoms with Gasteiger partial charge < -0.3 is 14.8 Å². The van der Waals surface area contributed by atoms with E-state index in [0.29, 0.717) is 31.8 Å². The van der Waals surface area contributed by atoms with Crippen LogP contribution >= 0.6 is 0 Å². The molecule has 0 unspecified atom stereocenters. The molecule has 0 aromatic rings. The van der Waals surface area contributed by atoms with Crippen LogP contribution in [0.5, 0.6) is 0 Å². The van der Waals surface area contributed by atoms with Crippen molar-refractivity contribution in [2.75, 3.05) is 34.0 Å². The third-order valence-electron chi connectivity index (χ3n) is 4.01. The molecule has 24 heavy (non-hydrogen) atoms. The molecule has 0 rings (SSSR count). The van der Waals surface area contributed by atoms with Gasteiger partial charge in [0.25, 0.3) is 0 Å². The molecule has 0 atom stereocenters. The Morgan fingerprint density at radius 1 is 0.667 bits per heavy atom. The van der Waals surface area contributed by atoms with Crippen molar-refractivity contribution in [2.24, 2.45) is 0 Å². The smallest absolute Gasteiger partial charge is 0.219 e. The maximum atomic E-state index is 11.7. The predicted octanol–water partition coefficient (Wildman–Crippen LogP) is 3.65. The number of carbonyl (C=O) groups excluding carboxylic acids is 2. The number of methoxy groups -OCH3 is 2. The largest absolute Gasteiger partial charge is 0.385 e. The molecule has 1 N–H and O–H groups in total. The topological polar surface area (TPSA) is 64.6 Å². The quantitative estimate of drug-likeness (QED) is 0.386. The molecule has 0 aromatic heterocycles. The molecule has 0 fully saturated rings. The van der Waals surface area contributed by atoms with Crippen molar-refractivity contribution in [3.05, 3.63) is 0 Å². The van der Waals surface area contributed by atoms with Crippen LogP contribution in [0.3, 0.4) is 0 Å². The Bertz CT molecular complexity index is 278. The number of Topliss-reactive ketones (excluding diaryl/α,β-unsaturated/α-hetero) is 1. The molecular formula is C19H37NO4. The van der Waals surface area contributed by atoms with Gasteiger partial charge in [-0.25, -0.2) is 0 Å². The van der Waals surface area contributed by atoms with E-state index in [4.69, 9.17) is 9.47 Å². The zero-order valence-electron chi connectivity index (χ0n) is 15.7. The first-order valence-electron chi connectivity index (χ1n) is 9.47. The standard InChI is InChI=1S/C19H37NO4/c1-23-16-10-9-13-18(21)12-7-5-3-4-6-8-14-19(22)20-15-11-17-24-2/h3-17H2,1-2H3,(H,20,22). The first-order valence-corrected chi connectivity index (χ1v) is 9.47. The van der Waals surface area contributed by atoms with Crippen molar-refractivity contribution in [1.82, 2.24) is 5.32 Å². The summed E-state index contributed by atoms with van der Waals surface area (Å²) in [6.07, 6.45) is 11.3. The van der Waals surface area contributed by atoms with E-state index in [2.05, 4.69) is 5.32 Å². The Kier molecular flexibility index (Phi) is 17.7. The van der Waals surface area contributed by atoms with E-state index < -0.39 is 0 Å². The molecule has 0 bridgehead atoms. The number of hydrogen-bond acceptors (Lipinski definition) is 4. The van der Waals surface area contributed by atoms with Crippen molar-refractivity contribution in [1.29, 1.82) is 0 Å². The van der Waals surface area contributed by atoms with Gasteiger partial charge >= 0.3 is 0 Å².